The van der Waals surface area contributed by atoms with Crippen LogP contribution in [0.1, 0.15) is 24.2 Å². The SMILES string of the molecule is Cc1ccc([C@H](C)NC2CSCCSC2)cn1. The second kappa shape index (κ2) is 6.66. The molecule has 2 rings (SSSR count). The lowest BCUT2D eigenvalue weighted by Crippen LogP contribution is -2.35. The quantitative estimate of drug-likeness (QED) is 0.911. The van der Waals surface area contributed by atoms with Crippen molar-refractivity contribution in [3.63, 3.8) is 0 Å². The lowest BCUT2D eigenvalue weighted by molar-refractivity contribution is 0.515. The molecule has 1 atom stereocenters. The van der Waals surface area contributed by atoms with E-state index < -0.39 is 0 Å². The molecule has 0 saturated carbocycles. The highest BCUT2D eigenvalue weighted by molar-refractivity contribution is 8.03. The van der Waals surface area contributed by atoms with Gasteiger partial charge in [-0.05, 0) is 25.5 Å². The van der Waals surface area contributed by atoms with Crippen molar-refractivity contribution in [1.29, 1.82) is 0 Å². The van der Waals surface area contributed by atoms with Gasteiger partial charge in [0.2, 0.25) is 0 Å². The lowest BCUT2D eigenvalue weighted by atomic mass is 10.1. The van der Waals surface area contributed by atoms with Gasteiger partial charge in [0.05, 0.1) is 0 Å². The van der Waals surface area contributed by atoms with Crippen LogP contribution >= 0.6 is 23.5 Å². The molecule has 0 bridgehead atoms. The Kier molecular flexibility index (Phi) is 5.19. The number of aryl methyl sites for hydroxylation is 1. The third-order valence-corrected chi connectivity index (χ3v) is 5.45. The van der Waals surface area contributed by atoms with Crippen LogP contribution in [0, 0.1) is 6.92 Å². The molecule has 1 aromatic rings. The molecule has 0 spiro atoms. The molecule has 2 heterocycles. The van der Waals surface area contributed by atoms with Gasteiger partial charge >= 0.3 is 0 Å². The predicted octanol–water partition coefficient (Wildman–Crippen LogP) is 2.89. The minimum atomic E-state index is 0.396. The van der Waals surface area contributed by atoms with E-state index in [2.05, 4.69) is 52.9 Å². The number of aromatic nitrogens is 1. The maximum atomic E-state index is 4.36. The Labute approximate surface area is 112 Å². The van der Waals surface area contributed by atoms with Crippen LogP contribution in [0.4, 0.5) is 0 Å². The fourth-order valence-corrected chi connectivity index (χ4v) is 4.32. The molecule has 0 unspecified atom stereocenters. The second-order valence-electron chi connectivity index (χ2n) is 4.47. The summed E-state index contributed by atoms with van der Waals surface area (Å²) in [5.74, 6) is 5.06. The van der Waals surface area contributed by atoms with E-state index in [4.69, 9.17) is 0 Å². The van der Waals surface area contributed by atoms with Gasteiger partial charge in [-0.1, -0.05) is 6.07 Å². The summed E-state index contributed by atoms with van der Waals surface area (Å²) < 4.78 is 0. The third-order valence-electron chi connectivity index (χ3n) is 2.93. The maximum absolute atomic E-state index is 4.36. The van der Waals surface area contributed by atoms with E-state index in [1.54, 1.807) is 0 Å². The van der Waals surface area contributed by atoms with Crippen molar-refractivity contribution in [3.05, 3.63) is 29.6 Å². The zero-order valence-electron chi connectivity index (χ0n) is 10.5. The van der Waals surface area contributed by atoms with Gasteiger partial charge in [0.25, 0.3) is 0 Å². The van der Waals surface area contributed by atoms with Crippen LogP contribution < -0.4 is 5.32 Å². The van der Waals surface area contributed by atoms with Crippen LogP contribution in [0.2, 0.25) is 0 Å². The fraction of sp³-hybridized carbons (Fsp3) is 0.615. The van der Waals surface area contributed by atoms with Crippen LogP contribution in [0.25, 0.3) is 0 Å². The number of hydrogen-bond acceptors (Lipinski definition) is 4. The molecule has 1 aliphatic rings. The first kappa shape index (κ1) is 13.2. The van der Waals surface area contributed by atoms with Gasteiger partial charge in [-0.2, -0.15) is 23.5 Å². The number of hydrogen-bond donors (Lipinski definition) is 1. The Morgan fingerprint density at radius 3 is 2.59 bits per heavy atom. The third kappa shape index (κ3) is 4.19. The molecule has 1 saturated heterocycles. The molecule has 94 valence electrons. The zero-order chi connectivity index (χ0) is 12.1. The molecule has 0 aromatic carbocycles. The minimum absolute atomic E-state index is 0.396. The average Bonchev–Trinajstić information content (AvgIpc) is 2.58. The summed E-state index contributed by atoms with van der Waals surface area (Å²) in [6.45, 7) is 4.26. The van der Waals surface area contributed by atoms with Gasteiger partial charge in [0, 0.05) is 47.0 Å². The Morgan fingerprint density at radius 1 is 1.29 bits per heavy atom. The van der Waals surface area contributed by atoms with Crippen LogP contribution in [0.5, 0.6) is 0 Å². The molecule has 1 aromatic heterocycles. The van der Waals surface area contributed by atoms with Gasteiger partial charge in [-0.25, -0.2) is 0 Å². The Morgan fingerprint density at radius 2 is 2.00 bits per heavy atom. The number of rotatable bonds is 3. The van der Waals surface area contributed by atoms with Crippen LogP contribution in [0.15, 0.2) is 18.3 Å². The first-order valence-electron chi connectivity index (χ1n) is 6.10. The van der Waals surface area contributed by atoms with E-state index in [9.17, 15) is 0 Å². The molecule has 0 radical (unpaired) electrons. The minimum Gasteiger partial charge on any atom is -0.306 e. The molecule has 4 heteroatoms. The van der Waals surface area contributed by atoms with E-state index in [0.717, 1.165) is 5.69 Å². The summed E-state index contributed by atoms with van der Waals surface area (Å²) in [5.41, 5.74) is 2.37. The molecule has 1 aliphatic heterocycles. The molecular weight excluding hydrogens is 248 g/mol. The monoisotopic (exact) mass is 268 g/mol. The summed E-state index contributed by atoms with van der Waals surface area (Å²) in [5, 5.41) is 3.71. The molecule has 1 fully saturated rings. The molecule has 1 N–H and O–H groups in total. The molecule has 0 aliphatic carbocycles. The average molecular weight is 268 g/mol. The number of thioether (sulfide) groups is 2. The summed E-state index contributed by atoms with van der Waals surface area (Å²) in [6.07, 6.45) is 1.99. The highest BCUT2D eigenvalue weighted by Gasteiger charge is 2.15. The molecule has 0 amide bonds. The molecule has 17 heavy (non-hydrogen) atoms. The Hall–Kier alpha value is -0.190. The highest BCUT2D eigenvalue weighted by atomic mass is 32.2. The van der Waals surface area contributed by atoms with Crippen molar-refractivity contribution in [2.24, 2.45) is 0 Å². The number of nitrogens with zero attached hydrogens (tertiary/aromatic N) is 1. The van der Waals surface area contributed by atoms with Crippen LogP contribution in [0.3, 0.4) is 0 Å². The Bertz CT molecular complexity index is 332. The summed E-state index contributed by atoms with van der Waals surface area (Å²) >= 11 is 4.13. The summed E-state index contributed by atoms with van der Waals surface area (Å²) in [6, 6.07) is 5.29. The van der Waals surface area contributed by atoms with Gasteiger partial charge in [0.1, 0.15) is 0 Å². The van der Waals surface area contributed by atoms with E-state index in [-0.39, 0.29) is 0 Å². The van der Waals surface area contributed by atoms with Crippen molar-refractivity contribution in [2.75, 3.05) is 23.0 Å². The number of pyridine rings is 1. The first-order valence-corrected chi connectivity index (χ1v) is 8.41. The van der Waals surface area contributed by atoms with Crippen molar-refractivity contribution in [2.45, 2.75) is 25.9 Å². The van der Waals surface area contributed by atoms with E-state index in [1.807, 2.05) is 13.1 Å². The molecular formula is C13H20N2S2. The smallest absolute Gasteiger partial charge is 0.0372 e. The van der Waals surface area contributed by atoms with Crippen molar-refractivity contribution in [3.8, 4) is 0 Å². The predicted molar refractivity (Wildman–Crippen MR) is 79.0 cm³/mol. The lowest BCUT2D eigenvalue weighted by Gasteiger charge is -2.21. The largest absolute Gasteiger partial charge is 0.306 e. The van der Waals surface area contributed by atoms with Gasteiger partial charge in [-0.15, -0.1) is 0 Å². The van der Waals surface area contributed by atoms with Crippen molar-refractivity contribution < 1.29 is 0 Å². The topological polar surface area (TPSA) is 24.9 Å². The summed E-state index contributed by atoms with van der Waals surface area (Å²) in [7, 11) is 0. The normalized spacial score (nSPS) is 19.9. The zero-order valence-corrected chi connectivity index (χ0v) is 12.1. The molecule has 2 nitrogen and oxygen atoms in total. The maximum Gasteiger partial charge on any atom is 0.0372 e. The van der Waals surface area contributed by atoms with Crippen LogP contribution in [-0.4, -0.2) is 34.0 Å². The van der Waals surface area contributed by atoms with Crippen LogP contribution in [-0.2, 0) is 0 Å². The van der Waals surface area contributed by atoms with Crippen molar-refractivity contribution >= 4 is 23.5 Å². The standard InChI is InChI=1S/C13H20N2S2/c1-10-3-4-12(7-14-10)11(2)15-13-8-16-5-6-17-9-13/h3-4,7,11,13,15H,5-6,8-9H2,1-2H3/t11-/m0/s1. The van der Waals surface area contributed by atoms with E-state index >= 15 is 0 Å². The van der Waals surface area contributed by atoms with E-state index in [0.29, 0.717) is 12.1 Å². The first-order chi connectivity index (χ1) is 8.25. The van der Waals surface area contributed by atoms with Crippen molar-refractivity contribution in [1.82, 2.24) is 10.3 Å². The fourth-order valence-electron chi connectivity index (χ4n) is 1.90. The highest BCUT2D eigenvalue weighted by Crippen LogP contribution is 2.19. The summed E-state index contributed by atoms with van der Waals surface area (Å²) in [4.78, 5) is 4.36. The number of nitrogens with one attached hydrogen (secondary N) is 1. The van der Waals surface area contributed by atoms with Gasteiger partial charge in [-0.3, -0.25) is 4.98 Å². The second-order valence-corrected chi connectivity index (χ2v) is 6.77. The van der Waals surface area contributed by atoms with Gasteiger partial charge < -0.3 is 5.32 Å². The Balaban J connectivity index is 1.91. The van der Waals surface area contributed by atoms with Gasteiger partial charge in [0.15, 0.2) is 0 Å². The van der Waals surface area contributed by atoms with E-state index in [1.165, 1.54) is 28.6 Å².